The highest BCUT2D eigenvalue weighted by molar-refractivity contribution is 5.90. The van der Waals surface area contributed by atoms with Crippen LogP contribution in [0.5, 0.6) is 0 Å². The number of nitrogens with zero attached hydrogens (tertiary/aromatic N) is 2. The smallest absolute Gasteiger partial charge is 0.227 e. The summed E-state index contributed by atoms with van der Waals surface area (Å²) in [6.07, 6.45) is 0.782. The van der Waals surface area contributed by atoms with Gasteiger partial charge in [0.2, 0.25) is 11.8 Å². The van der Waals surface area contributed by atoms with Crippen molar-refractivity contribution in [1.82, 2.24) is 10.1 Å². The van der Waals surface area contributed by atoms with Gasteiger partial charge in [0.25, 0.3) is 0 Å². The molecule has 0 atom stereocenters. The molecular formula is C15H19N3O2. The first-order valence-corrected chi connectivity index (χ1v) is 6.73. The summed E-state index contributed by atoms with van der Waals surface area (Å²) in [5.74, 6) is 1.47. The van der Waals surface area contributed by atoms with Gasteiger partial charge in [-0.2, -0.15) is 4.98 Å². The maximum atomic E-state index is 11.9. The number of hydrogen-bond donors (Lipinski definition) is 1. The Morgan fingerprint density at radius 1 is 1.40 bits per heavy atom. The second kappa shape index (κ2) is 6.32. The summed E-state index contributed by atoms with van der Waals surface area (Å²) in [7, 11) is 0. The molecule has 2 aromatic rings. The second-order valence-electron chi connectivity index (χ2n) is 5.06. The average molecular weight is 273 g/mol. The van der Waals surface area contributed by atoms with Gasteiger partial charge in [-0.1, -0.05) is 31.1 Å². The number of rotatable bonds is 5. The van der Waals surface area contributed by atoms with Gasteiger partial charge in [-0.15, -0.1) is 0 Å². The van der Waals surface area contributed by atoms with Crippen molar-refractivity contribution in [2.45, 2.75) is 39.5 Å². The number of aromatic nitrogens is 2. The number of hydrogen-bond acceptors (Lipinski definition) is 4. The van der Waals surface area contributed by atoms with Crippen LogP contribution >= 0.6 is 0 Å². The van der Waals surface area contributed by atoms with Crippen molar-refractivity contribution in [3.8, 4) is 0 Å². The van der Waals surface area contributed by atoms with Crippen molar-refractivity contribution in [2.24, 2.45) is 0 Å². The summed E-state index contributed by atoms with van der Waals surface area (Å²) in [4.78, 5) is 15.9. The first kappa shape index (κ1) is 14.2. The molecule has 0 saturated heterocycles. The van der Waals surface area contributed by atoms with Crippen molar-refractivity contribution in [3.63, 3.8) is 0 Å². The Hall–Kier alpha value is -2.17. The molecule has 0 fully saturated rings. The molecule has 1 aromatic carbocycles. The zero-order valence-electron chi connectivity index (χ0n) is 12.0. The van der Waals surface area contributed by atoms with Gasteiger partial charge in [0, 0.05) is 18.5 Å². The average Bonchev–Trinajstić information content (AvgIpc) is 2.82. The molecule has 0 bridgehead atoms. The Balaban J connectivity index is 1.89. The minimum Gasteiger partial charge on any atom is -0.339 e. The molecule has 20 heavy (non-hydrogen) atoms. The zero-order chi connectivity index (χ0) is 14.5. The van der Waals surface area contributed by atoms with Crippen LogP contribution in [-0.2, 0) is 11.2 Å². The molecule has 0 aliphatic heterocycles. The lowest BCUT2D eigenvalue weighted by atomic mass is 10.0. The van der Waals surface area contributed by atoms with E-state index in [1.165, 1.54) is 5.56 Å². The number of benzene rings is 1. The van der Waals surface area contributed by atoms with Crippen LogP contribution in [0.1, 0.15) is 43.5 Å². The first-order valence-electron chi connectivity index (χ1n) is 6.73. The Labute approximate surface area is 118 Å². The number of carbonyl (C=O) groups is 1. The molecule has 1 aromatic heterocycles. The van der Waals surface area contributed by atoms with E-state index in [-0.39, 0.29) is 5.91 Å². The van der Waals surface area contributed by atoms with E-state index in [2.05, 4.69) is 35.4 Å². The van der Waals surface area contributed by atoms with Crippen molar-refractivity contribution < 1.29 is 9.32 Å². The lowest BCUT2D eigenvalue weighted by Gasteiger charge is -2.09. The van der Waals surface area contributed by atoms with Crippen LogP contribution in [0.2, 0.25) is 0 Å². The molecule has 106 valence electrons. The Kier molecular flexibility index (Phi) is 4.50. The highest BCUT2D eigenvalue weighted by Gasteiger charge is 2.08. The zero-order valence-corrected chi connectivity index (χ0v) is 12.0. The van der Waals surface area contributed by atoms with Crippen LogP contribution < -0.4 is 5.32 Å². The number of carbonyl (C=O) groups excluding carboxylic acids is 1. The second-order valence-corrected chi connectivity index (χ2v) is 5.06. The first-order chi connectivity index (χ1) is 9.54. The minimum atomic E-state index is -0.0539. The molecule has 0 spiro atoms. The topological polar surface area (TPSA) is 68.0 Å². The van der Waals surface area contributed by atoms with Gasteiger partial charge in [0.1, 0.15) is 0 Å². The molecule has 0 unspecified atom stereocenters. The summed E-state index contributed by atoms with van der Waals surface area (Å²) in [5, 5.41) is 6.58. The van der Waals surface area contributed by atoms with E-state index in [0.29, 0.717) is 30.5 Å². The number of amides is 1. The fraction of sp³-hybridized carbons (Fsp3) is 0.400. The molecule has 0 aliphatic rings. The van der Waals surface area contributed by atoms with E-state index in [0.717, 1.165) is 5.69 Å². The van der Waals surface area contributed by atoms with Crippen LogP contribution in [0.4, 0.5) is 5.69 Å². The van der Waals surface area contributed by atoms with E-state index in [1.54, 1.807) is 6.92 Å². The fourth-order valence-corrected chi connectivity index (χ4v) is 1.86. The van der Waals surface area contributed by atoms with E-state index >= 15 is 0 Å². The molecule has 1 amide bonds. The number of anilines is 1. The normalized spacial score (nSPS) is 10.8. The van der Waals surface area contributed by atoms with Gasteiger partial charge in [0.05, 0.1) is 0 Å². The molecular weight excluding hydrogens is 254 g/mol. The standard InChI is InChI=1S/C15H19N3O2/c1-10(2)12-5-4-6-13(9-12)17-14(19)7-8-15-16-11(3)18-20-15/h4-6,9-10H,7-8H2,1-3H3,(H,17,19). The largest absolute Gasteiger partial charge is 0.339 e. The molecule has 0 saturated carbocycles. The van der Waals surface area contributed by atoms with Crippen LogP contribution in [0, 0.1) is 6.92 Å². The third-order valence-electron chi connectivity index (χ3n) is 2.97. The highest BCUT2D eigenvalue weighted by atomic mass is 16.5. The predicted molar refractivity (Wildman–Crippen MR) is 76.5 cm³/mol. The van der Waals surface area contributed by atoms with E-state index in [1.807, 2.05) is 18.2 Å². The van der Waals surface area contributed by atoms with Crippen LogP contribution in [0.25, 0.3) is 0 Å². The van der Waals surface area contributed by atoms with Gasteiger partial charge < -0.3 is 9.84 Å². The molecule has 0 aliphatic carbocycles. The Bertz CT molecular complexity index is 590. The molecule has 0 radical (unpaired) electrons. The summed E-state index contributed by atoms with van der Waals surface area (Å²) >= 11 is 0. The van der Waals surface area contributed by atoms with Gasteiger partial charge in [-0.05, 0) is 30.5 Å². The van der Waals surface area contributed by atoms with Crippen LogP contribution in [0.3, 0.4) is 0 Å². The van der Waals surface area contributed by atoms with Crippen molar-refractivity contribution in [1.29, 1.82) is 0 Å². The monoisotopic (exact) mass is 273 g/mol. The van der Waals surface area contributed by atoms with Gasteiger partial charge in [0.15, 0.2) is 5.82 Å². The van der Waals surface area contributed by atoms with Crippen LogP contribution in [0.15, 0.2) is 28.8 Å². The lowest BCUT2D eigenvalue weighted by Crippen LogP contribution is -2.12. The molecule has 5 nitrogen and oxygen atoms in total. The molecule has 1 heterocycles. The quantitative estimate of drug-likeness (QED) is 0.909. The van der Waals surface area contributed by atoms with Crippen molar-refractivity contribution in [3.05, 3.63) is 41.5 Å². The van der Waals surface area contributed by atoms with Crippen LogP contribution in [-0.4, -0.2) is 16.0 Å². The summed E-state index contributed by atoms with van der Waals surface area (Å²) in [6.45, 7) is 6.00. The predicted octanol–water partition coefficient (Wildman–Crippen LogP) is 3.07. The maximum absolute atomic E-state index is 11.9. The molecule has 2 rings (SSSR count). The van der Waals surface area contributed by atoms with Gasteiger partial charge >= 0.3 is 0 Å². The number of aryl methyl sites for hydroxylation is 2. The molecule has 1 N–H and O–H groups in total. The lowest BCUT2D eigenvalue weighted by molar-refractivity contribution is -0.116. The minimum absolute atomic E-state index is 0.0539. The van der Waals surface area contributed by atoms with E-state index in [9.17, 15) is 4.79 Å². The SMILES string of the molecule is Cc1noc(CCC(=O)Nc2cccc(C(C)C)c2)n1. The highest BCUT2D eigenvalue weighted by Crippen LogP contribution is 2.18. The van der Waals surface area contributed by atoms with Crippen molar-refractivity contribution in [2.75, 3.05) is 5.32 Å². The Morgan fingerprint density at radius 3 is 2.85 bits per heavy atom. The van der Waals surface area contributed by atoms with Crippen molar-refractivity contribution >= 4 is 11.6 Å². The fourth-order valence-electron chi connectivity index (χ4n) is 1.86. The molecule has 5 heteroatoms. The van der Waals surface area contributed by atoms with Gasteiger partial charge in [-0.3, -0.25) is 4.79 Å². The van der Waals surface area contributed by atoms with E-state index in [4.69, 9.17) is 4.52 Å². The summed E-state index contributed by atoms with van der Waals surface area (Å²) in [6, 6.07) is 7.90. The third kappa shape index (κ3) is 3.91. The van der Waals surface area contributed by atoms with E-state index < -0.39 is 0 Å². The summed E-state index contributed by atoms with van der Waals surface area (Å²) < 4.78 is 4.97. The number of nitrogens with one attached hydrogen (secondary N) is 1. The summed E-state index contributed by atoms with van der Waals surface area (Å²) in [5.41, 5.74) is 2.03. The maximum Gasteiger partial charge on any atom is 0.227 e. The third-order valence-corrected chi connectivity index (χ3v) is 2.97. The van der Waals surface area contributed by atoms with Gasteiger partial charge in [-0.25, -0.2) is 0 Å². The Morgan fingerprint density at radius 2 is 2.20 bits per heavy atom.